The molecule has 0 aliphatic heterocycles. The summed E-state index contributed by atoms with van der Waals surface area (Å²) in [7, 11) is 3.16. The molecule has 0 aliphatic rings. The molecule has 19 heavy (non-hydrogen) atoms. The topological polar surface area (TPSA) is 44.8 Å². The zero-order chi connectivity index (χ0) is 14.6. The van der Waals surface area contributed by atoms with Crippen molar-refractivity contribution < 1.29 is 19.0 Å². The second kappa shape index (κ2) is 5.95. The van der Waals surface area contributed by atoms with Gasteiger partial charge in [0, 0.05) is 0 Å². The highest BCUT2D eigenvalue weighted by Gasteiger charge is 2.25. The van der Waals surface area contributed by atoms with Gasteiger partial charge in [0.2, 0.25) is 0 Å². The molecule has 0 saturated carbocycles. The summed E-state index contributed by atoms with van der Waals surface area (Å²) in [6.07, 6.45) is -0.327. The Labute approximate surface area is 114 Å². The predicted octanol–water partition coefficient (Wildman–Crippen LogP) is 3.35. The highest BCUT2D eigenvalue weighted by molar-refractivity contribution is 5.75. The van der Waals surface area contributed by atoms with Crippen molar-refractivity contribution in [2.45, 2.75) is 33.8 Å². The molecule has 1 aromatic rings. The number of carbonyl (C=O) groups excluding carboxylic acids is 1. The summed E-state index contributed by atoms with van der Waals surface area (Å²) < 4.78 is 15.8. The van der Waals surface area contributed by atoms with Crippen LogP contribution in [0.1, 0.15) is 39.4 Å². The lowest BCUT2D eigenvalue weighted by molar-refractivity contribution is -0.158. The van der Waals surface area contributed by atoms with Crippen molar-refractivity contribution in [3.05, 3.63) is 23.8 Å². The molecule has 1 aromatic carbocycles. The van der Waals surface area contributed by atoms with Crippen molar-refractivity contribution in [2.75, 3.05) is 14.2 Å². The number of carbonyl (C=O) groups is 1. The highest BCUT2D eigenvalue weighted by Crippen LogP contribution is 2.31. The van der Waals surface area contributed by atoms with Crippen molar-refractivity contribution in [3.8, 4) is 11.5 Å². The van der Waals surface area contributed by atoms with Gasteiger partial charge in [-0.2, -0.15) is 0 Å². The molecule has 0 aliphatic carbocycles. The summed E-state index contributed by atoms with van der Waals surface area (Å²) in [4.78, 5) is 11.8. The van der Waals surface area contributed by atoms with Crippen LogP contribution in [0.2, 0.25) is 0 Å². The van der Waals surface area contributed by atoms with Crippen molar-refractivity contribution in [1.29, 1.82) is 0 Å². The Morgan fingerprint density at radius 1 is 1.11 bits per heavy atom. The minimum atomic E-state index is -0.509. The van der Waals surface area contributed by atoms with Gasteiger partial charge >= 0.3 is 5.97 Å². The largest absolute Gasteiger partial charge is 0.493 e. The van der Waals surface area contributed by atoms with Crippen LogP contribution in [0.5, 0.6) is 11.5 Å². The molecule has 0 saturated heterocycles. The molecule has 0 unspecified atom stereocenters. The maximum Gasteiger partial charge on any atom is 0.311 e. The third-order valence-electron chi connectivity index (χ3n) is 2.77. The lowest BCUT2D eigenvalue weighted by atomic mass is 9.97. The van der Waals surface area contributed by atoms with E-state index >= 15 is 0 Å². The van der Waals surface area contributed by atoms with Crippen molar-refractivity contribution in [1.82, 2.24) is 0 Å². The molecule has 4 nitrogen and oxygen atoms in total. The van der Waals surface area contributed by atoms with Crippen molar-refractivity contribution in [2.24, 2.45) is 5.41 Å². The first-order chi connectivity index (χ1) is 8.79. The first kappa shape index (κ1) is 15.3. The third kappa shape index (κ3) is 3.88. The van der Waals surface area contributed by atoms with Gasteiger partial charge in [0.25, 0.3) is 0 Å². The molecule has 0 N–H and O–H groups in total. The molecule has 0 heterocycles. The van der Waals surface area contributed by atoms with Crippen LogP contribution in [0.15, 0.2) is 18.2 Å². The van der Waals surface area contributed by atoms with Crippen LogP contribution in [-0.4, -0.2) is 20.2 Å². The number of ether oxygens (including phenoxy) is 3. The average Bonchev–Trinajstić information content (AvgIpc) is 2.36. The third-order valence-corrected chi connectivity index (χ3v) is 2.77. The second-order valence-corrected chi connectivity index (χ2v) is 5.41. The Hall–Kier alpha value is -1.71. The van der Waals surface area contributed by atoms with Crippen LogP contribution in [0.3, 0.4) is 0 Å². The minimum Gasteiger partial charge on any atom is -0.493 e. The molecule has 1 rings (SSSR count). The van der Waals surface area contributed by atoms with Crippen LogP contribution in [0, 0.1) is 5.41 Å². The number of esters is 1. The maximum atomic E-state index is 11.8. The fourth-order valence-electron chi connectivity index (χ4n) is 1.51. The Bertz CT molecular complexity index is 446. The molecule has 0 bridgehead atoms. The number of hydrogen-bond acceptors (Lipinski definition) is 4. The quantitative estimate of drug-likeness (QED) is 0.784. The van der Waals surface area contributed by atoms with Gasteiger partial charge < -0.3 is 14.2 Å². The number of rotatable bonds is 4. The summed E-state index contributed by atoms with van der Waals surface area (Å²) in [6, 6.07) is 5.48. The monoisotopic (exact) mass is 266 g/mol. The molecule has 0 spiro atoms. The Kier molecular flexibility index (Phi) is 4.81. The molecule has 4 heteroatoms. The SMILES string of the molecule is COc1ccc([C@H](C)OC(=O)C(C)(C)C)cc1OC. The molecule has 0 radical (unpaired) electrons. The van der Waals surface area contributed by atoms with E-state index in [1.54, 1.807) is 20.3 Å². The standard InChI is InChI=1S/C15H22O4/c1-10(19-14(16)15(2,3)4)11-7-8-12(17-5)13(9-11)18-6/h7-10H,1-6H3/t10-/m0/s1. The van der Waals surface area contributed by atoms with E-state index in [0.29, 0.717) is 11.5 Å². The lowest BCUT2D eigenvalue weighted by Crippen LogP contribution is -2.24. The van der Waals surface area contributed by atoms with Gasteiger partial charge in [0.05, 0.1) is 19.6 Å². The molecule has 0 amide bonds. The molecule has 0 aromatic heterocycles. The van der Waals surface area contributed by atoms with E-state index in [4.69, 9.17) is 14.2 Å². The van der Waals surface area contributed by atoms with Gasteiger partial charge in [-0.25, -0.2) is 0 Å². The molecular weight excluding hydrogens is 244 g/mol. The maximum absolute atomic E-state index is 11.8. The average molecular weight is 266 g/mol. The zero-order valence-corrected chi connectivity index (χ0v) is 12.4. The van der Waals surface area contributed by atoms with Crippen molar-refractivity contribution in [3.63, 3.8) is 0 Å². The second-order valence-electron chi connectivity index (χ2n) is 5.41. The van der Waals surface area contributed by atoms with Crippen LogP contribution in [0.4, 0.5) is 0 Å². The molecule has 106 valence electrons. The van der Waals surface area contributed by atoms with Gasteiger partial charge in [-0.05, 0) is 45.4 Å². The van der Waals surface area contributed by atoms with Gasteiger partial charge in [0.1, 0.15) is 6.10 Å². The normalized spacial score (nSPS) is 12.7. The predicted molar refractivity (Wildman–Crippen MR) is 73.5 cm³/mol. The highest BCUT2D eigenvalue weighted by atomic mass is 16.5. The van der Waals surface area contributed by atoms with E-state index in [9.17, 15) is 4.79 Å². The van der Waals surface area contributed by atoms with Gasteiger partial charge in [0.15, 0.2) is 11.5 Å². The fraction of sp³-hybridized carbons (Fsp3) is 0.533. The number of benzene rings is 1. The number of methoxy groups -OCH3 is 2. The summed E-state index contributed by atoms with van der Waals surface area (Å²) in [6.45, 7) is 7.33. The van der Waals surface area contributed by atoms with Gasteiger partial charge in [-0.1, -0.05) is 6.07 Å². The van der Waals surface area contributed by atoms with Gasteiger partial charge in [-0.15, -0.1) is 0 Å². The van der Waals surface area contributed by atoms with E-state index in [-0.39, 0.29) is 12.1 Å². The summed E-state index contributed by atoms with van der Waals surface area (Å²) in [5.74, 6) is 1.05. The summed E-state index contributed by atoms with van der Waals surface area (Å²) in [5, 5.41) is 0. The Morgan fingerprint density at radius 3 is 2.16 bits per heavy atom. The zero-order valence-electron chi connectivity index (χ0n) is 12.4. The summed E-state index contributed by atoms with van der Waals surface area (Å²) in [5.41, 5.74) is 0.361. The van der Waals surface area contributed by atoms with Crippen LogP contribution in [0.25, 0.3) is 0 Å². The fourth-order valence-corrected chi connectivity index (χ4v) is 1.51. The smallest absolute Gasteiger partial charge is 0.311 e. The van der Waals surface area contributed by atoms with E-state index < -0.39 is 5.41 Å². The van der Waals surface area contributed by atoms with E-state index in [2.05, 4.69) is 0 Å². The van der Waals surface area contributed by atoms with Crippen LogP contribution >= 0.6 is 0 Å². The Balaban J connectivity index is 2.89. The van der Waals surface area contributed by atoms with Gasteiger partial charge in [-0.3, -0.25) is 4.79 Å². The first-order valence-corrected chi connectivity index (χ1v) is 6.22. The molecular formula is C15H22O4. The van der Waals surface area contributed by atoms with Crippen LogP contribution in [-0.2, 0) is 9.53 Å². The summed E-state index contributed by atoms with van der Waals surface area (Å²) >= 11 is 0. The van der Waals surface area contributed by atoms with E-state index in [0.717, 1.165) is 5.56 Å². The van der Waals surface area contributed by atoms with Crippen LogP contribution < -0.4 is 9.47 Å². The Morgan fingerprint density at radius 2 is 1.68 bits per heavy atom. The van der Waals surface area contributed by atoms with E-state index in [1.807, 2.05) is 39.8 Å². The number of hydrogen-bond donors (Lipinski definition) is 0. The first-order valence-electron chi connectivity index (χ1n) is 6.22. The lowest BCUT2D eigenvalue weighted by Gasteiger charge is -2.21. The van der Waals surface area contributed by atoms with E-state index in [1.165, 1.54) is 0 Å². The van der Waals surface area contributed by atoms with Crippen molar-refractivity contribution >= 4 is 5.97 Å². The minimum absolute atomic E-state index is 0.227. The molecule has 1 atom stereocenters. The molecule has 0 fully saturated rings.